The van der Waals surface area contributed by atoms with Gasteiger partial charge in [-0.2, -0.15) is 0 Å². The molecule has 2 aromatic carbocycles. The van der Waals surface area contributed by atoms with Crippen LogP contribution in [0.4, 0.5) is 0 Å². The van der Waals surface area contributed by atoms with Gasteiger partial charge in [-0.15, -0.1) is 0 Å². The average molecular weight is 507 g/mol. The Bertz CT molecular complexity index is 1860. The molecule has 0 spiro atoms. The summed E-state index contributed by atoms with van der Waals surface area (Å²) in [5.74, 6) is 0. The number of nitrogens with zero attached hydrogens (tertiary/aromatic N) is 6. The standard InChI is InChI=1S/C19H14N4.C14H12N2/c1-13-8-9-14-17(12-13)23-19(16-7-3-5-11-21-16)18(22-14)15-6-2-4-10-20-15;1-11-6-5-9-14-15-13(10-16(11)14)12-7-3-2-4-8-12/h2-12H,1H3;2-10H,1H3. The van der Waals surface area contributed by atoms with Crippen LogP contribution in [0, 0.1) is 13.8 Å². The molecule has 0 aliphatic rings. The van der Waals surface area contributed by atoms with Crippen molar-refractivity contribution < 1.29 is 0 Å². The van der Waals surface area contributed by atoms with Crippen molar-refractivity contribution in [1.82, 2.24) is 29.3 Å². The lowest BCUT2D eigenvalue weighted by molar-refractivity contribution is 1.09. The molecule has 7 rings (SSSR count). The van der Waals surface area contributed by atoms with Gasteiger partial charge in [0, 0.05) is 29.8 Å². The topological polar surface area (TPSA) is 68.9 Å². The summed E-state index contributed by atoms with van der Waals surface area (Å²) in [5, 5.41) is 0. The maximum atomic E-state index is 4.82. The minimum atomic E-state index is 0.751. The Morgan fingerprint density at radius 2 is 1.21 bits per heavy atom. The van der Waals surface area contributed by atoms with Crippen molar-refractivity contribution in [3.8, 4) is 34.0 Å². The van der Waals surface area contributed by atoms with Crippen LogP contribution in [-0.4, -0.2) is 29.3 Å². The SMILES string of the molecule is Cc1ccc2nc(-c3ccccn3)c(-c3ccccn3)nc2c1.Cc1cccc2nc(-c3ccccc3)cn12. The van der Waals surface area contributed by atoms with Crippen molar-refractivity contribution in [1.29, 1.82) is 0 Å². The van der Waals surface area contributed by atoms with Gasteiger partial charge in [-0.1, -0.05) is 54.6 Å². The molecule has 0 saturated carbocycles. The van der Waals surface area contributed by atoms with Gasteiger partial charge in [-0.05, 0) is 67.9 Å². The third-order valence-electron chi connectivity index (χ3n) is 6.40. The molecule has 0 aliphatic carbocycles. The quantitative estimate of drug-likeness (QED) is 0.250. The number of aromatic nitrogens is 6. The summed E-state index contributed by atoms with van der Waals surface area (Å²) in [6, 6.07) is 34.0. The Balaban J connectivity index is 0.000000151. The molecular weight excluding hydrogens is 480 g/mol. The Hall–Kier alpha value is -5.23. The number of imidazole rings is 1. The lowest BCUT2D eigenvalue weighted by Gasteiger charge is -2.09. The number of fused-ring (bicyclic) bond motifs is 2. The van der Waals surface area contributed by atoms with Crippen LogP contribution in [0.15, 0.2) is 122 Å². The molecule has 39 heavy (non-hydrogen) atoms. The molecule has 0 amide bonds. The molecule has 5 aromatic heterocycles. The molecule has 188 valence electrons. The van der Waals surface area contributed by atoms with Crippen molar-refractivity contribution in [2.75, 3.05) is 0 Å². The summed E-state index contributed by atoms with van der Waals surface area (Å²) in [7, 11) is 0. The fraction of sp³-hybridized carbons (Fsp3) is 0.0606. The molecule has 0 aliphatic heterocycles. The van der Waals surface area contributed by atoms with Crippen molar-refractivity contribution in [2.45, 2.75) is 13.8 Å². The molecular formula is C33H26N6. The van der Waals surface area contributed by atoms with Crippen LogP contribution in [0.3, 0.4) is 0 Å². The predicted molar refractivity (Wildman–Crippen MR) is 156 cm³/mol. The fourth-order valence-corrected chi connectivity index (χ4v) is 4.42. The van der Waals surface area contributed by atoms with Gasteiger partial charge in [0.15, 0.2) is 0 Å². The summed E-state index contributed by atoms with van der Waals surface area (Å²) in [6.07, 6.45) is 5.61. The van der Waals surface area contributed by atoms with Gasteiger partial charge >= 0.3 is 0 Å². The molecule has 0 atom stereocenters. The van der Waals surface area contributed by atoms with Gasteiger partial charge in [0.25, 0.3) is 0 Å². The van der Waals surface area contributed by atoms with Crippen LogP contribution in [-0.2, 0) is 0 Å². The summed E-state index contributed by atoms with van der Waals surface area (Å²) in [6.45, 7) is 4.14. The highest BCUT2D eigenvalue weighted by atomic mass is 15.0. The zero-order valence-electron chi connectivity index (χ0n) is 21.7. The Labute approximate surface area is 226 Å². The van der Waals surface area contributed by atoms with Crippen molar-refractivity contribution in [3.05, 3.63) is 133 Å². The third kappa shape index (κ3) is 5.13. The van der Waals surface area contributed by atoms with E-state index in [0.29, 0.717) is 0 Å². The summed E-state index contributed by atoms with van der Waals surface area (Å²) < 4.78 is 2.11. The largest absolute Gasteiger partial charge is 0.304 e. The van der Waals surface area contributed by atoms with Gasteiger partial charge in [0.05, 0.1) is 28.1 Å². The first-order chi connectivity index (χ1) is 19.2. The minimum absolute atomic E-state index is 0.751. The van der Waals surface area contributed by atoms with Crippen molar-refractivity contribution in [3.63, 3.8) is 0 Å². The molecule has 6 nitrogen and oxygen atoms in total. The second-order valence-corrected chi connectivity index (χ2v) is 9.23. The van der Waals surface area contributed by atoms with Gasteiger partial charge in [0.2, 0.25) is 0 Å². The van der Waals surface area contributed by atoms with E-state index in [9.17, 15) is 0 Å². The fourth-order valence-electron chi connectivity index (χ4n) is 4.42. The Morgan fingerprint density at radius 3 is 1.85 bits per heavy atom. The monoisotopic (exact) mass is 506 g/mol. The highest BCUT2D eigenvalue weighted by molar-refractivity contribution is 5.84. The van der Waals surface area contributed by atoms with E-state index in [1.165, 1.54) is 5.69 Å². The first-order valence-electron chi connectivity index (χ1n) is 12.8. The molecule has 0 unspecified atom stereocenters. The van der Waals surface area contributed by atoms with Crippen LogP contribution in [0.2, 0.25) is 0 Å². The maximum Gasteiger partial charge on any atom is 0.137 e. The van der Waals surface area contributed by atoms with Gasteiger partial charge in [0.1, 0.15) is 17.0 Å². The van der Waals surface area contributed by atoms with E-state index < -0.39 is 0 Å². The Kier molecular flexibility index (Phi) is 6.58. The van der Waals surface area contributed by atoms with Crippen molar-refractivity contribution >= 4 is 16.7 Å². The molecule has 0 bridgehead atoms. The normalized spacial score (nSPS) is 10.8. The predicted octanol–water partition coefficient (Wildman–Crippen LogP) is 7.37. The highest BCUT2D eigenvalue weighted by Gasteiger charge is 2.14. The van der Waals surface area contributed by atoms with Crippen LogP contribution in [0.5, 0.6) is 0 Å². The van der Waals surface area contributed by atoms with E-state index in [1.807, 2.05) is 91.9 Å². The summed E-state index contributed by atoms with van der Waals surface area (Å²) in [4.78, 5) is 23.1. The van der Waals surface area contributed by atoms with Gasteiger partial charge in [-0.3, -0.25) is 9.97 Å². The number of aryl methyl sites for hydroxylation is 2. The molecule has 7 aromatic rings. The van der Waals surface area contributed by atoms with Crippen molar-refractivity contribution in [2.24, 2.45) is 0 Å². The van der Waals surface area contributed by atoms with Crippen LogP contribution >= 0.6 is 0 Å². The first-order valence-corrected chi connectivity index (χ1v) is 12.8. The molecule has 0 radical (unpaired) electrons. The molecule has 5 heterocycles. The number of benzene rings is 2. The minimum Gasteiger partial charge on any atom is -0.304 e. The number of hydrogen-bond acceptors (Lipinski definition) is 5. The lowest BCUT2D eigenvalue weighted by atomic mass is 10.1. The van der Waals surface area contributed by atoms with Gasteiger partial charge in [-0.25, -0.2) is 15.0 Å². The van der Waals surface area contributed by atoms with E-state index in [4.69, 9.17) is 9.97 Å². The van der Waals surface area contributed by atoms with Crippen LogP contribution < -0.4 is 0 Å². The zero-order valence-corrected chi connectivity index (χ0v) is 21.7. The van der Waals surface area contributed by atoms with E-state index in [2.05, 4.69) is 50.7 Å². The zero-order chi connectivity index (χ0) is 26.6. The van der Waals surface area contributed by atoms with Gasteiger partial charge < -0.3 is 4.40 Å². The molecule has 0 fully saturated rings. The lowest BCUT2D eigenvalue weighted by Crippen LogP contribution is -1.98. The smallest absolute Gasteiger partial charge is 0.137 e. The number of pyridine rings is 3. The maximum absolute atomic E-state index is 4.82. The van der Waals surface area contributed by atoms with E-state index in [-0.39, 0.29) is 0 Å². The van der Waals surface area contributed by atoms with E-state index in [0.717, 1.165) is 56.3 Å². The summed E-state index contributed by atoms with van der Waals surface area (Å²) in [5.41, 5.74) is 10.4. The number of hydrogen-bond donors (Lipinski definition) is 0. The first kappa shape index (κ1) is 24.1. The van der Waals surface area contributed by atoms with E-state index in [1.54, 1.807) is 12.4 Å². The Morgan fingerprint density at radius 1 is 0.538 bits per heavy atom. The average Bonchev–Trinajstić information content (AvgIpc) is 3.44. The van der Waals surface area contributed by atoms with E-state index >= 15 is 0 Å². The van der Waals surface area contributed by atoms with Crippen LogP contribution in [0.1, 0.15) is 11.3 Å². The molecule has 0 saturated heterocycles. The summed E-state index contributed by atoms with van der Waals surface area (Å²) >= 11 is 0. The highest BCUT2D eigenvalue weighted by Crippen LogP contribution is 2.28. The molecule has 6 heteroatoms. The second kappa shape index (κ2) is 10.6. The number of rotatable bonds is 3. The molecule has 0 N–H and O–H groups in total. The second-order valence-electron chi connectivity index (χ2n) is 9.23. The third-order valence-corrected chi connectivity index (χ3v) is 6.40. The van der Waals surface area contributed by atoms with Crippen LogP contribution in [0.25, 0.3) is 50.7 Å².